The maximum absolute atomic E-state index is 10.3. The third kappa shape index (κ3) is 4.52. The van der Waals surface area contributed by atoms with E-state index in [-0.39, 0.29) is 0 Å². The van der Waals surface area contributed by atoms with Crippen LogP contribution in [-0.2, 0) is 4.79 Å². The van der Waals surface area contributed by atoms with Crippen LogP contribution in [0.3, 0.4) is 0 Å². The van der Waals surface area contributed by atoms with Crippen molar-refractivity contribution in [2.75, 3.05) is 0 Å². The van der Waals surface area contributed by atoms with E-state index in [9.17, 15) is 4.79 Å². The molecule has 3 nitrogen and oxygen atoms in total. The molecule has 1 atom stereocenters. The highest BCUT2D eigenvalue weighted by molar-refractivity contribution is 6.76. The Morgan fingerprint density at radius 2 is 2.00 bits per heavy atom. The summed E-state index contributed by atoms with van der Waals surface area (Å²) in [4.78, 5) is 10.3. The van der Waals surface area contributed by atoms with Gasteiger partial charge in [0.15, 0.2) is 0 Å². The standard InChI is InChI=1S/C6H15NO2Si/c1-10(2,3)4-5(7)6(8)9/h5H,4,7H2,1-3H3,(H,8,9). The van der Waals surface area contributed by atoms with Gasteiger partial charge in [-0.3, -0.25) is 4.79 Å². The van der Waals surface area contributed by atoms with Gasteiger partial charge in [-0.2, -0.15) is 0 Å². The Hall–Kier alpha value is -0.353. The molecule has 0 aromatic carbocycles. The number of nitrogens with two attached hydrogens (primary N) is 1. The third-order valence-corrected chi connectivity index (χ3v) is 2.81. The van der Waals surface area contributed by atoms with Crippen molar-refractivity contribution in [2.24, 2.45) is 5.73 Å². The largest absolute Gasteiger partial charge is 0.480 e. The number of hydrogen-bond donors (Lipinski definition) is 2. The highest BCUT2D eigenvalue weighted by Gasteiger charge is 2.21. The van der Waals surface area contributed by atoms with Gasteiger partial charge < -0.3 is 10.8 Å². The van der Waals surface area contributed by atoms with Gasteiger partial charge in [-0.15, -0.1) is 0 Å². The van der Waals surface area contributed by atoms with E-state index in [2.05, 4.69) is 19.6 Å². The van der Waals surface area contributed by atoms with Crippen molar-refractivity contribution in [1.82, 2.24) is 0 Å². The van der Waals surface area contributed by atoms with Crippen LogP contribution in [0.2, 0.25) is 25.7 Å². The Morgan fingerprint density at radius 3 is 2.10 bits per heavy atom. The molecule has 60 valence electrons. The Bertz CT molecular complexity index is 130. The zero-order chi connectivity index (χ0) is 8.36. The van der Waals surface area contributed by atoms with E-state index in [0.717, 1.165) is 0 Å². The van der Waals surface area contributed by atoms with E-state index >= 15 is 0 Å². The first kappa shape index (κ1) is 9.65. The van der Waals surface area contributed by atoms with Gasteiger partial charge in [0.2, 0.25) is 0 Å². The van der Waals surface area contributed by atoms with Crippen LogP contribution in [0.15, 0.2) is 0 Å². The molecule has 0 aromatic heterocycles. The van der Waals surface area contributed by atoms with Crippen molar-refractivity contribution in [2.45, 2.75) is 31.7 Å². The SMILES string of the molecule is C[Si](C)(C)CC(N)C(=O)O. The van der Waals surface area contributed by atoms with Gasteiger partial charge in [-0.1, -0.05) is 19.6 Å². The molecule has 3 N–H and O–H groups in total. The van der Waals surface area contributed by atoms with E-state index < -0.39 is 20.1 Å². The lowest BCUT2D eigenvalue weighted by molar-refractivity contribution is -0.138. The lowest BCUT2D eigenvalue weighted by Gasteiger charge is -2.17. The smallest absolute Gasteiger partial charge is 0.320 e. The Balaban J connectivity index is 3.80. The lowest BCUT2D eigenvalue weighted by Crippen LogP contribution is -2.37. The molecular formula is C6H15NO2Si. The Labute approximate surface area is 62.2 Å². The third-order valence-electron chi connectivity index (χ3n) is 1.15. The molecule has 0 spiro atoms. The van der Waals surface area contributed by atoms with Crippen molar-refractivity contribution >= 4 is 14.0 Å². The highest BCUT2D eigenvalue weighted by Crippen LogP contribution is 2.09. The van der Waals surface area contributed by atoms with E-state index in [4.69, 9.17) is 10.8 Å². The summed E-state index contributed by atoms with van der Waals surface area (Å²) in [6, 6.07) is -0.00540. The van der Waals surface area contributed by atoms with Crippen LogP contribution in [0.1, 0.15) is 0 Å². The molecule has 0 saturated heterocycles. The number of rotatable bonds is 3. The summed E-state index contributed by atoms with van der Waals surface area (Å²) in [5, 5.41) is 8.44. The van der Waals surface area contributed by atoms with Crippen molar-refractivity contribution < 1.29 is 9.90 Å². The van der Waals surface area contributed by atoms with Crippen LogP contribution in [0.25, 0.3) is 0 Å². The highest BCUT2D eigenvalue weighted by atomic mass is 28.3. The number of carboxylic acid groups (broad SMARTS) is 1. The number of hydrogen-bond acceptors (Lipinski definition) is 2. The van der Waals surface area contributed by atoms with Gasteiger partial charge in [-0.25, -0.2) is 0 Å². The predicted molar refractivity (Wildman–Crippen MR) is 43.8 cm³/mol. The van der Waals surface area contributed by atoms with Gasteiger partial charge in [0, 0.05) is 8.07 Å². The van der Waals surface area contributed by atoms with E-state index in [0.29, 0.717) is 6.04 Å². The summed E-state index contributed by atoms with van der Waals surface area (Å²) in [6.45, 7) is 6.32. The monoisotopic (exact) mass is 161 g/mol. The number of aliphatic carboxylic acids is 1. The van der Waals surface area contributed by atoms with Gasteiger partial charge in [0.1, 0.15) is 6.04 Å². The zero-order valence-electron chi connectivity index (χ0n) is 6.72. The van der Waals surface area contributed by atoms with Crippen LogP contribution in [-0.4, -0.2) is 25.2 Å². The molecule has 0 aliphatic carbocycles. The summed E-state index contributed by atoms with van der Waals surface area (Å²) < 4.78 is 0. The first-order valence-corrected chi connectivity index (χ1v) is 7.02. The van der Waals surface area contributed by atoms with Crippen molar-refractivity contribution in [1.29, 1.82) is 0 Å². The second-order valence-electron chi connectivity index (χ2n) is 3.71. The van der Waals surface area contributed by atoms with Gasteiger partial charge >= 0.3 is 5.97 Å². The fourth-order valence-electron chi connectivity index (χ4n) is 0.747. The number of carboxylic acids is 1. The number of carbonyl (C=O) groups is 1. The summed E-state index contributed by atoms with van der Waals surface area (Å²) >= 11 is 0. The normalized spacial score (nSPS) is 14.8. The molecule has 10 heavy (non-hydrogen) atoms. The minimum Gasteiger partial charge on any atom is -0.480 e. The first-order chi connectivity index (χ1) is 4.33. The van der Waals surface area contributed by atoms with E-state index in [1.54, 1.807) is 0 Å². The molecule has 0 aromatic rings. The summed E-state index contributed by atoms with van der Waals surface area (Å²) in [5.74, 6) is -0.887. The molecule has 0 fully saturated rings. The summed E-state index contributed by atoms with van der Waals surface area (Å²) in [6.07, 6.45) is 0. The van der Waals surface area contributed by atoms with Gasteiger partial charge in [0.25, 0.3) is 0 Å². The first-order valence-electron chi connectivity index (χ1n) is 3.31. The summed E-state index contributed by atoms with van der Waals surface area (Å²) in [5.41, 5.74) is 5.34. The van der Waals surface area contributed by atoms with Gasteiger partial charge in [-0.05, 0) is 6.04 Å². The molecule has 1 unspecified atom stereocenters. The predicted octanol–water partition coefficient (Wildman–Crippen LogP) is 0.736. The minimum atomic E-state index is -1.29. The van der Waals surface area contributed by atoms with Crippen molar-refractivity contribution in [3.05, 3.63) is 0 Å². The topological polar surface area (TPSA) is 63.3 Å². The molecule has 0 saturated carbocycles. The minimum absolute atomic E-state index is 0.655. The van der Waals surface area contributed by atoms with Crippen LogP contribution in [0.5, 0.6) is 0 Å². The van der Waals surface area contributed by atoms with Crippen LogP contribution >= 0.6 is 0 Å². The van der Waals surface area contributed by atoms with Crippen molar-refractivity contribution in [3.8, 4) is 0 Å². The molecule has 0 heterocycles. The maximum atomic E-state index is 10.3. The Morgan fingerprint density at radius 1 is 1.60 bits per heavy atom. The van der Waals surface area contributed by atoms with E-state index in [1.807, 2.05) is 0 Å². The fourth-order valence-corrected chi connectivity index (χ4v) is 2.24. The molecule has 4 heteroatoms. The average Bonchev–Trinajstić information content (AvgIpc) is 1.60. The lowest BCUT2D eigenvalue weighted by atomic mass is 10.4. The quantitative estimate of drug-likeness (QED) is 0.600. The molecule has 0 aliphatic rings. The molecule has 0 bridgehead atoms. The van der Waals surface area contributed by atoms with Crippen LogP contribution in [0.4, 0.5) is 0 Å². The maximum Gasteiger partial charge on any atom is 0.320 e. The second-order valence-corrected chi connectivity index (χ2v) is 9.24. The van der Waals surface area contributed by atoms with Crippen molar-refractivity contribution in [3.63, 3.8) is 0 Å². The average molecular weight is 161 g/mol. The molecular weight excluding hydrogens is 146 g/mol. The molecule has 0 radical (unpaired) electrons. The van der Waals surface area contributed by atoms with Crippen LogP contribution in [0, 0.1) is 0 Å². The second kappa shape index (κ2) is 3.16. The Kier molecular flexibility index (Phi) is 3.05. The molecule has 0 rings (SSSR count). The molecule has 0 amide bonds. The van der Waals surface area contributed by atoms with E-state index in [1.165, 1.54) is 0 Å². The fraction of sp³-hybridized carbons (Fsp3) is 0.833. The van der Waals surface area contributed by atoms with Crippen LogP contribution < -0.4 is 5.73 Å². The van der Waals surface area contributed by atoms with Gasteiger partial charge in [0.05, 0.1) is 0 Å². The molecule has 0 aliphatic heterocycles. The summed E-state index contributed by atoms with van der Waals surface area (Å²) in [7, 11) is -1.29. The zero-order valence-corrected chi connectivity index (χ0v) is 7.72.